The van der Waals surface area contributed by atoms with Gasteiger partial charge in [-0.05, 0) is 77.9 Å². The van der Waals surface area contributed by atoms with E-state index < -0.39 is 0 Å². The standard InChI is InChI=1S/C41H25N3O/c1-2-10-28(11-3-1)43-35-15-7-4-12-29(35)33-24-26(18-21-37(33)43)27-19-22-38-34(25-27)30-13-5-8-16-36(30)44(38)40-23-20-32-31-14-6-9-17-39(31)45-41(32)42-40/h1-25H. The number of fused-ring (bicyclic) bond motifs is 9. The van der Waals surface area contributed by atoms with Crippen LogP contribution < -0.4 is 0 Å². The highest BCUT2D eigenvalue weighted by molar-refractivity contribution is 6.13. The molecule has 0 aliphatic rings. The predicted molar refractivity (Wildman–Crippen MR) is 186 cm³/mol. The van der Waals surface area contributed by atoms with E-state index in [1.165, 1.54) is 49.4 Å². The quantitative estimate of drug-likeness (QED) is 0.210. The average molecular weight is 576 g/mol. The van der Waals surface area contributed by atoms with Crippen molar-refractivity contribution in [2.75, 3.05) is 0 Å². The number of furan rings is 1. The second kappa shape index (κ2) is 9.18. The average Bonchev–Trinajstić information content (AvgIpc) is 3.75. The fourth-order valence-corrected chi connectivity index (χ4v) is 7.13. The summed E-state index contributed by atoms with van der Waals surface area (Å²) < 4.78 is 10.8. The van der Waals surface area contributed by atoms with E-state index in [1.807, 2.05) is 18.2 Å². The van der Waals surface area contributed by atoms with Crippen LogP contribution in [-0.4, -0.2) is 14.1 Å². The van der Waals surface area contributed by atoms with Gasteiger partial charge < -0.3 is 8.98 Å². The van der Waals surface area contributed by atoms with Crippen molar-refractivity contribution >= 4 is 65.7 Å². The van der Waals surface area contributed by atoms with Gasteiger partial charge in [-0.25, -0.2) is 0 Å². The Morgan fingerprint density at radius 2 is 0.956 bits per heavy atom. The number of aromatic nitrogens is 3. The minimum atomic E-state index is 0.652. The molecule has 10 aromatic rings. The molecular weight excluding hydrogens is 550 g/mol. The summed E-state index contributed by atoms with van der Waals surface area (Å²) in [6.07, 6.45) is 0. The molecule has 0 aliphatic carbocycles. The molecule has 4 nitrogen and oxygen atoms in total. The van der Waals surface area contributed by atoms with Gasteiger partial charge in [0, 0.05) is 38.0 Å². The third-order valence-electron chi connectivity index (χ3n) is 9.15. The van der Waals surface area contributed by atoms with E-state index >= 15 is 0 Å². The molecule has 4 heteroatoms. The van der Waals surface area contributed by atoms with Crippen LogP contribution in [0.4, 0.5) is 0 Å². The number of benzene rings is 6. The lowest BCUT2D eigenvalue weighted by atomic mass is 10.0. The fraction of sp³-hybridized carbons (Fsp3) is 0. The molecule has 0 saturated carbocycles. The van der Waals surface area contributed by atoms with Crippen molar-refractivity contribution in [3.63, 3.8) is 0 Å². The van der Waals surface area contributed by atoms with Crippen molar-refractivity contribution in [2.45, 2.75) is 0 Å². The molecule has 4 aromatic heterocycles. The molecule has 0 radical (unpaired) electrons. The molecule has 0 bridgehead atoms. The van der Waals surface area contributed by atoms with Gasteiger partial charge >= 0.3 is 0 Å². The van der Waals surface area contributed by atoms with E-state index in [9.17, 15) is 0 Å². The smallest absolute Gasteiger partial charge is 0.229 e. The molecule has 0 unspecified atom stereocenters. The predicted octanol–water partition coefficient (Wildman–Crippen LogP) is 10.8. The highest BCUT2D eigenvalue weighted by Crippen LogP contribution is 2.38. The van der Waals surface area contributed by atoms with Gasteiger partial charge in [0.15, 0.2) is 0 Å². The van der Waals surface area contributed by atoms with Crippen molar-refractivity contribution in [1.29, 1.82) is 0 Å². The molecule has 4 heterocycles. The number of nitrogens with zero attached hydrogens (tertiary/aromatic N) is 3. The third-order valence-corrected chi connectivity index (χ3v) is 9.15. The van der Waals surface area contributed by atoms with Crippen LogP contribution in [0.15, 0.2) is 156 Å². The van der Waals surface area contributed by atoms with Gasteiger partial charge in [0.2, 0.25) is 5.71 Å². The Balaban J connectivity index is 1.17. The number of hydrogen-bond acceptors (Lipinski definition) is 2. The van der Waals surface area contributed by atoms with Crippen molar-refractivity contribution < 1.29 is 4.42 Å². The number of rotatable bonds is 3. The summed E-state index contributed by atoms with van der Waals surface area (Å²) in [5.74, 6) is 0.843. The summed E-state index contributed by atoms with van der Waals surface area (Å²) in [7, 11) is 0. The number of pyridine rings is 1. The molecule has 210 valence electrons. The molecule has 0 aliphatic heterocycles. The number of para-hydroxylation sites is 4. The van der Waals surface area contributed by atoms with Gasteiger partial charge in [0.05, 0.1) is 22.1 Å². The van der Waals surface area contributed by atoms with Crippen LogP contribution in [-0.2, 0) is 0 Å². The molecular formula is C41H25N3O. The van der Waals surface area contributed by atoms with Crippen LogP contribution in [0, 0.1) is 0 Å². The first-order chi connectivity index (χ1) is 22.3. The number of hydrogen-bond donors (Lipinski definition) is 0. The summed E-state index contributed by atoms with van der Waals surface area (Å²) in [5, 5.41) is 7.01. The first-order valence-electron chi connectivity index (χ1n) is 15.2. The molecule has 0 atom stereocenters. The van der Waals surface area contributed by atoms with Gasteiger partial charge in [-0.3, -0.25) is 4.57 Å². The highest BCUT2D eigenvalue weighted by atomic mass is 16.3. The zero-order valence-electron chi connectivity index (χ0n) is 24.2. The maximum atomic E-state index is 6.16. The minimum Gasteiger partial charge on any atom is -0.438 e. The van der Waals surface area contributed by atoms with Gasteiger partial charge in [-0.2, -0.15) is 4.98 Å². The van der Waals surface area contributed by atoms with Crippen molar-refractivity contribution in [3.05, 3.63) is 152 Å². The first-order valence-corrected chi connectivity index (χ1v) is 15.2. The second-order valence-corrected chi connectivity index (χ2v) is 11.6. The van der Waals surface area contributed by atoms with Crippen LogP contribution in [0.3, 0.4) is 0 Å². The Kier molecular flexibility index (Phi) is 4.96. The third kappa shape index (κ3) is 3.51. The molecule has 0 spiro atoms. The Morgan fingerprint density at radius 3 is 1.67 bits per heavy atom. The van der Waals surface area contributed by atoms with Gasteiger partial charge in [0.1, 0.15) is 11.4 Å². The molecule has 0 saturated heterocycles. The minimum absolute atomic E-state index is 0.652. The van der Waals surface area contributed by atoms with Crippen LogP contribution in [0.25, 0.3) is 88.3 Å². The normalized spacial score (nSPS) is 12.0. The van der Waals surface area contributed by atoms with Crippen molar-refractivity contribution in [1.82, 2.24) is 14.1 Å². The van der Waals surface area contributed by atoms with Crippen molar-refractivity contribution in [2.24, 2.45) is 0 Å². The van der Waals surface area contributed by atoms with Crippen LogP contribution in [0.2, 0.25) is 0 Å². The van der Waals surface area contributed by atoms with Gasteiger partial charge in [0.25, 0.3) is 0 Å². The molecule has 0 N–H and O–H groups in total. The highest BCUT2D eigenvalue weighted by Gasteiger charge is 2.17. The molecule has 6 aromatic carbocycles. The summed E-state index contributed by atoms with van der Waals surface area (Å²) in [5.41, 5.74) is 9.70. The Bertz CT molecular complexity index is 2760. The van der Waals surface area contributed by atoms with Crippen LogP contribution in [0.1, 0.15) is 0 Å². The topological polar surface area (TPSA) is 35.9 Å². The van der Waals surface area contributed by atoms with Gasteiger partial charge in [-0.15, -0.1) is 0 Å². The maximum absolute atomic E-state index is 6.16. The molecule has 0 fully saturated rings. The Labute approximate surface area is 258 Å². The van der Waals surface area contributed by atoms with E-state index in [-0.39, 0.29) is 0 Å². The lowest BCUT2D eigenvalue weighted by Crippen LogP contribution is -1.96. The second-order valence-electron chi connectivity index (χ2n) is 11.6. The first kappa shape index (κ1) is 24.3. The SMILES string of the molecule is c1ccc(-n2c3ccccc3c3cc(-c4ccc5c(c4)c4ccccc4n5-c4ccc5c(n4)oc4ccccc45)ccc32)cc1. The summed E-state index contributed by atoms with van der Waals surface area (Å²) >= 11 is 0. The summed E-state index contributed by atoms with van der Waals surface area (Å²) in [6.45, 7) is 0. The van der Waals surface area contributed by atoms with Crippen LogP contribution in [0.5, 0.6) is 0 Å². The van der Waals surface area contributed by atoms with Crippen molar-refractivity contribution in [3.8, 4) is 22.6 Å². The monoisotopic (exact) mass is 575 g/mol. The van der Waals surface area contributed by atoms with Gasteiger partial charge in [-0.1, -0.05) is 84.9 Å². The fourth-order valence-electron chi connectivity index (χ4n) is 7.13. The van der Waals surface area contributed by atoms with Crippen LogP contribution >= 0.6 is 0 Å². The molecule has 45 heavy (non-hydrogen) atoms. The summed E-state index contributed by atoms with van der Waals surface area (Å²) in [6, 6.07) is 53.8. The lowest BCUT2D eigenvalue weighted by Gasteiger charge is -2.09. The zero-order valence-corrected chi connectivity index (χ0v) is 24.2. The largest absolute Gasteiger partial charge is 0.438 e. The zero-order chi connectivity index (χ0) is 29.5. The van der Waals surface area contributed by atoms with E-state index in [0.717, 1.165) is 33.2 Å². The Hall–Kier alpha value is -6.13. The molecule has 10 rings (SSSR count). The maximum Gasteiger partial charge on any atom is 0.229 e. The van der Waals surface area contributed by atoms with E-state index in [4.69, 9.17) is 9.40 Å². The lowest BCUT2D eigenvalue weighted by molar-refractivity contribution is 0.653. The van der Waals surface area contributed by atoms with E-state index in [0.29, 0.717) is 5.71 Å². The van der Waals surface area contributed by atoms with E-state index in [2.05, 4.69) is 143 Å². The van der Waals surface area contributed by atoms with E-state index in [1.54, 1.807) is 0 Å². The molecule has 0 amide bonds. The Morgan fingerprint density at radius 1 is 0.400 bits per heavy atom. The summed E-state index contributed by atoms with van der Waals surface area (Å²) in [4.78, 5) is 5.02.